The quantitative estimate of drug-likeness (QED) is 0.385. The van der Waals surface area contributed by atoms with Crippen LogP contribution in [0.25, 0.3) is 37.0 Å². The van der Waals surface area contributed by atoms with E-state index < -0.39 is 10.5 Å². The molecule has 4 aromatic heterocycles. The molecule has 0 unspecified atom stereocenters. The molecule has 0 saturated carbocycles. The standard InChI is InChI=1S/C20H4F2N6S4/c1-26-12(6-25)14-3-11(16-8-28-20(22)32-16)18(30-14)17-10(15-7-27-19(21)31-15)2-13(29-17)9(4-23)5-24/h2-3,7-8H/b14-12+,18-17+. The summed E-state index contributed by atoms with van der Waals surface area (Å²) < 4.78 is 29.3. The molecule has 12 heteroatoms. The molecule has 0 radical (unpaired) electrons. The molecule has 4 aromatic rings. The molecule has 0 N–H and O–H groups in total. The first-order valence-corrected chi connectivity index (χ1v) is 11.6. The van der Waals surface area contributed by atoms with Crippen LogP contribution in [0.1, 0.15) is 0 Å². The summed E-state index contributed by atoms with van der Waals surface area (Å²) in [6, 6.07) is 8.76. The second-order valence-corrected chi connectivity index (χ2v) is 9.90. The first-order chi connectivity index (χ1) is 15.5. The Kier molecular flexibility index (Phi) is 5.87. The number of nitrogens with zero attached hydrogens (tertiary/aromatic N) is 6. The molecule has 4 heterocycles. The molecule has 0 aliphatic heterocycles. The number of nitriles is 3. The van der Waals surface area contributed by atoms with E-state index >= 15 is 0 Å². The topological polar surface area (TPSA) is 102 Å². The van der Waals surface area contributed by atoms with Crippen LogP contribution >= 0.6 is 45.3 Å². The first kappa shape index (κ1) is 21.5. The molecule has 6 nitrogen and oxygen atoms in total. The third kappa shape index (κ3) is 3.80. The van der Waals surface area contributed by atoms with Crippen LogP contribution in [0.5, 0.6) is 0 Å². The molecule has 32 heavy (non-hydrogen) atoms. The van der Waals surface area contributed by atoms with Crippen molar-refractivity contribution in [1.82, 2.24) is 9.97 Å². The lowest BCUT2D eigenvalue weighted by Crippen LogP contribution is -1.94. The third-order valence-electron chi connectivity index (χ3n) is 4.08. The first-order valence-electron chi connectivity index (χ1n) is 8.32. The minimum Gasteiger partial charge on any atom is -0.225 e. The molecule has 0 bridgehead atoms. The maximum absolute atomic E-state index is 13.7. The lowest BCUT2D eigenvalue weighted by molar-refractivity contribution is 0.616. The Morgan fingerprint density at radius 3 is 1.72 bits per heavy atom. The van der Waals surface area contributed by atoms with Crippen molar-refractivity contribution in [2.75, 3.05) is 0 Å². The summed E-state index contributed by atoms with van der Waals surface area (Å²) in [7, 11) is 0. The number of aromatic nitrogens is 2. The molecular formula is C20H4F2N6S4. The van der Waals surface area contributed by atoms with Crippen LogP contribution in [-0.2, 0) is 0 Å². The van der Waals surface area contributed by atoms with E-state index in [0.29, 0.717) is 39.0 Å². The van der Waals surface area contributed by atoms with Crippen molar-refractivity contribution in [3.8, 4) is 39.1 Å². The Morgan fingerprint density at radius 2 is 1.31 bits per heavy atom. The van der Waals surface area contributed by atoms with E-state index in [2.05, 4.69) is 14.8 Å². The highest BCUT2D eigenvalue weighted by Gasteiger charge is 2.15. The molecule has 4 rings (SSSR count). The Labute approximate surface area is 194 Å². The van der Waals surface area contributed by atoms with Crippen LogP contribution in [0.15, 0.2) is 24.5 Å². The van der Waals surface area contributed by atoms with E-state index in [1.807, 2.05) is 18.2 Å². The van der Waals surface area contributed by atoms with Gasteiger partial charge in [0.15, 0.2) is 0 Å². The van der Waals surface area contributed by atoms with Crippen LogP contribution in [0.3, 0.4) is 0 Å². The van der Waals surface area contributed by atoms with Gasteiger partial charge in [0.1, 0.15) is 17.7 Å². The van der Waals surface area contributed by atoms with Gasteiger partial charge in [0.25, 0.3) is 16.2 Å². The van der Waals surface area contributed by atoms with Crippen molar-refractivity contribution in [3.63, 3.8) is 0 Å². The summed E-state index contributed by atoms with van der Waals surface area (Å²) in [5.41, 5.74) is 0.837. The van der Waals surface area contributed by atoms with Gasteiger partial charge in [0.2, 0.25) is 0 Å². The zero-order valence-corrected chi connectivity index (χ0v) is 18.6. The van der Waals surface area contributed by atoms with E-state index in [1.165, 1.54) is 12.4 Å². The highest BCUT2D eigenvalue weighted by atomic mass is 32.1. The van der Waals surface area contributed by atoms with Gasteiger partial charge in [-0.05, 0) is 12.1 Å². The normalized spacial score (nSPS) is 12.3. The number of hydrogen-bond donors (Lipinski definition) is 0. The van der Waals surface area contributed by atoms with E-state index in [1.54, 1.807) is 12.1 Å². The van der Waals surface area contributed by atoms with Crippen molar-refractivity contribution in [3.05, 3.63) is 64.6 Å². The average molecular weight is 495 g/mol. The molecule has 0 aromatic carbocycles. The molecule has 0 spiro atoms. The van der Waals surface area contributed by atoms with E-state index in [9.17, 15) is 24.6 Å². The molecule has 0 amide bonds. The molecular weight excluding hydrogens is 491 g/mol. The number of thiazole rings is 2. The van der Waals surface area contributed by atoms with Crippen LogP contribution < -0.4 is 9.06 Å². The Bertz CT molecular complexity index is 1600. The second kappa shape index (κ2) is 8.76. The summed E-state index contributed by atoms with van der Waals surface area (Å²) in [5.74, 6) is 0. The van der Waals surface area contributed by atoms with Crippen LogP contribution in [0.2, 0.25) is 0 Å². The van der Waals surface area contributed by atoms with Gasteiger partial charge in [0, 0.05) is 28.1 Å². The van der Waals surface area contributed by atoms with Gasteiger partial charge in [0.05, 0.1) is 36.0 Å². The molecule has 0 saturated heterocycles. The number of thiophene rings is 2. The number of hydrogen-bond acceptors (Lipinski definition) is 9. The fourth-order valence-corrected chi connectivity index (χ4v) is 6.59. The molecule has 152 valence electrons. The van der Waals surface area contributed by atoms with Crippen molar-refractivity contribution >= 4 is 56.6 Å². The molecule has 0 aliphatic carbocycles. The second-order valence-electron chi connectivity index (χ2n) is 5.83. The van der Waals surface area contributed by atoms with Gasteiger partial charge >= 0.3 is 0 Å². The van der Waals surface area contributed by atoms with E-state index in [-0.39, 0.29) is 11.3 Å². The summed E-state index contributed by atoms with van der Waals surface area (Å²) >= 11 is 3.88. The molecule has 0 aliphatic rings. The van der Waals surface area contributed by atoms with Crippen LogP contribution in [-0.4, -0.2) is 9.97 Å². The zero-order valence-electron chi connectivity index (χ0n) is 15.4. The predicted octanol–water partition coefficient (Wildman–Crippen LogP) is 4.37. The minimum atomic E-state index is -0.645. The largest absolute Gasteiger partial charge is 0.278 e. The zero-order chi connectivity index (χ0) is 22.8. The van der Waals surface area contributed by atoms with Crippen molar-refractivity contribution in [2.24, 2.45) is 0 Å². The van der Waals surface area contributed by atoms with Gasteiger partial charge in [-0.2, -0.15) is 19.3 Å². The lowest BCUT2D eigenvalue weighted by Gasteiger charge is -1.93. The fraction of sp³-hybridized carbons (Fsp3) is 0. The van der Waals surface area contributed by atoms with E-state index in [0.717, 1.165) is 45.3 Å². The van der Waals surface area contributed by atoms with Crippen molar-refractivity contribution in [2.45, 2.75) is 0 Å². The highest BCUT2D eigenvalue weighted by molar-refractivity contribution is 7.16. The van der Waals surface area contributed by atoms with Gasteiger partial charge in [-0.1, -0.05) is 22.7 Å². The Morgan fingerprint density at radius 1 is 0.812 bits per heavy atom. The van der Waals surface area contributed by atoms with Gasteiger partial charge in [-0.3, -0.25) is 0 Å². The summed E-state index contributed by atoms with van der Waals surface area (Å²) in [4.78, 5) is 11.5. The highest BCUT2D eigenvalue weighted by Crippen LogP contribution is 2.33. The SMILES string of the molecule is [C-]#[N+]/C(C#N)=c1\cc(-c2cnc(F)s2)/c(=c2\sc(=C(C#N)C#N)cc2-c2cnc(F)s2)s1. The monoisotopic (exact) mass is 494 g/mol. The third-order valence-corrected chi connectivity index (χ3v) is 8.17. The van der Waals surface area contributed by atoms with Crippen LogP contribution in [0, 0.1) is 60.2 Å². The Balaban J connectivity index is 2.29. The number of rotatable bonds is 2. The van der Waals surface area contributed by atoms with E-state index in [4.69, 9.17) is 6.57 Å². The van der Waals surface area contributed by atoms with Crippen molar-refractivity contribution < 1.29 is 8.78 Å². The molecule has 0 atom stereocenters. The number of halogens is 2. The van der Waals surface area contributed by atoms with Gasteiger partial charge in [-0.25, -0.2) is 20.1 Å². The van der Waals surface area contributed by atoms with Crippen molar-refractivity contribution in [1.29, 1.82) is 15.8 Å². The minimum absolute atomic E-state index is 0.111. The maximum atomic E-state index is 13.7. The summed E-state index contributed by atoms with van der Waals surface area (Å²) in [6.45, 7) is 7.26. The lowest BCUT2D eigenvalue weighted by atomic mass is 10.2. The Hall–Kier alpha value is -3.78. The summed E-state index contributed by atoms with van der Waals surface area (Å²) in [5, 5.41) is 26.6. The fourth-order valence-electron chi connectivity index (χ4n) is 2.75. The van der Waals surface area contributed by atoms with Crippen LogP contribution in [0.4, 0.5) is 8.78 Å². The predicted molar refractivity (Wildman–Crippen MR) is 118 cm³/mol. The average Bonchev–Trinajstić information content (AvgIpc) is 3.56. The van der Waals surface area contributed by atoms with Gasteiger partial charge < -0.3 is 0 Å². The summed E-state index contributed by atoms with van der Waals surface area (Å²) in [6.07, 6.45) is 2.70. The van der Waals surface area contributed by atoms with Gasteiger partial charge in [-0.15, -0.1) is 22.7 Å². The smallest absolute Gasteiger partial charge is 0.225 e. The molecule has 0 fully saturated rings. The maximum Gasteiger partial charge on any atom is 0.278 e.